The smallest absolute Gasteiger partial charge is 0.339 e. The van der Waals surface area contributed by atoms with E-state index < -0.39 is 10.1 Å². The van der Waals surface area contributed by atoms with Gasteiger partial charge in [-0.1, -0.05) is 22.0 Å². The average molecular weight is 396 g/mol. The molecule has 0 spiro atoms. The molecule has 0 aliphatic rings. The lowest BCUT2D eigenvalue weighted by atomic mass is 10.2. The van der Waals surface area contributed by atoms with E-state index in [1.807, 2.05) is 6.07 Å². The largest absolute Gasteiger partial charge is 0.490 e. The minimum atomic E-state index is -4.02. The Bertz CT molecular complexity index is 872. The quantitative estimate of drug-likeness (QED) is 0.719. The van der Waals surface area contributed by atoms with E-state index in [1.165, 1.54) is 24.3 Å². The molecule has 120 valence electrons. The van der Waals surface area contributed by atoms with Crippen molar-refractivity contribution in [3.8, 4) is 17.6 Å². The number of rotatable bonds is 5. The van der Waals surface area contributed by atoms with Crippen LogP contribution >= 0.6 is 15.9 Å². The molecule has 23 heavy (non-hydrogen) atoms. The molecule has 2 rings (SSSR count). The second-order valence-corrected chi connectivity index (χ2v) is 7.08. The van der Waals surface area contributed by atoms with Gasteiger partial charge >= 0.3 is 10.1 Å². The van der Waals surface area contributed by atoms with Crippen molar-refractivity contribution in [1.82, 2.24) is 0 Å². The standard InChI is InChI=1S/C16H14BrNO4S/c1-3-21-15-8-12(10-18)5-7-14(15)22-23(19,20)16-9-13(17)6-4-11(16)2/h4-9H,3H2,1-2H3. The highest BCUT2D eigenvalue weighted by Crippen LogP contribution is 2.32. The third-order valence-electron chi connectivity index (χ3n) is 2.99. The van der Waals surface area contributed by atoms with Crippen molar-refractivity contribution < 1.29 is 17.3 Å². The maximum Gasteiger partial charge on any atom is 0.339 e. The Kier molecular flexibility index (Phi) is 5.29. The zero-order valence-corrected chi connectivity index (χ0v) is 14.9. The number of hydrogen-bond donors (Lipinski definition) is 0. The molecule has 0 unspecified atom stereocenters. The van der Waals surface area contributed by atoms with Gasteiger partial charge in [-0.2, -0.15) is 13.7 Å². The fourth-order valence-corrected chi connectivity index (χ4v) is 3.63. The first-order valence-electron chi connectivity index (χ1n) is 6.75. The molecule has 5 nitrogen and oxygen atoms in total. The van der Waals surface area contributed by atoms with E-state index in [9.17, 15) is 8.42 Å². The number of hydrogen-bond acceptors (Lipinski definition) is 5. The lowest BCUT2D eigenvalue weighted by molar-refractivity contribution is 0.327. The Morgan fingerprint density at radius 1 is 1.17 bits per heavy atom. The van der Waals surface area contributed by atoms with Gasteiger partial charge in [0.2, 0.25) is 0 Å². The highest BCUT2D eigenvalue weighted by Gasteiger charge is 2.22. The second-order valence-electron chi connectivity index (χ2n) is 4.65. The molecule has 0 aromatic heterocycles. The lowest BCUT2D eigenvalue weighted by Crippen LogP contribution is -2.12. The van der Waals surface area contributed by atoms with Crippen molar-refractivity contribution in [1.29, 1.82) is 5.26 Å². The summed E-state index contributed by atoms with van der Waals surface area (Å²) in [5.74, 6) is 0.257. The molecule has 2 aromatic rings. The van der Waals surface area contributed by atoms with Crippen LogP contribution in [0.3, 0.4) is 0 Å². The van der Waals surface area contributed by atoms with E-state index in [4.69, 9.17) is 14.2 Å². The molecule has 0 saturated heterocycles. The number of benzene rings is 2. The molecule has 0 fully saturated rings. The number of nitrogens with zero attached hydrogens (tertiary/aromatic N) is 1. The highest BCUT2D eigenvalue weighted by atomic mass is 79.9. The predicted molar refractivity (Wildman–Crippen MR) is 89.0 cm³/mol. The van der Waals surface area contributed by atoms with Gasteiger partial charge in [0.1, 0.15) is 4.90 Å². The zero-order chi connectivity index (χ0) is 17.0. The van der Waals surface area contributed by atoms with Crippen molar-refractivity contribution in [2.45, 2.75) is 18.7 Å². The van der Waals surface area contributed by atoms with Crippen molar-refractivity contribution in [3.05, 3.63) is 52.0 Å². The molecule has 0 atom stereocenters. The van der Waals surface area contributed by atoms with Crippen LogP contribution in [0, 0.1) is 18.3 Å². The lowest BCUT2D eigenvalue weighted by Gasteiger charge is -2.13. The molecular weight excluding hydrogens is 382 g/mol. The van der Waals surface area contributed by atoms with Crippen LogP contribution in [0.1, 0.15) is 18.1 Å². The third-order valence-corrected chi connectivity index (χ3v) is 4.86. The van der Waals surface area contributed by atoms with E-state index in [2.05, 4.69) is 15.9 Å². The van der Waals surface area contributed by atoms with Crippen molar-refractivity contribution in [2.75, 3.05) is 6.61 Å². The summed E-state index contributed by atoms with van der Waals surface area (Å²) in [4.78, 5) is 0.0682. The van der Waals surface area contributed by atoms with Gasteiger partial charge in [-0.3, -0.25) is 0 Å². The monoisotopic (exact) mass is 395 g/mol. The zero-order valence-electron chi connectivity index (χ0n) is 12.5. The molecule has 0 radical (unpaired) electrons. The van der Waals surface area contributed by atoms with Crippen LogP contribution in [0.5, 0.6) is 11.5 Å². The van der Waals surface area contributed by atoms with E-state index in [0.29, 0.717) is 22.2 Å². The summed E-state index contributed by atoms with van der Waals surface area (Å²) >= 11 is 3.25. The first kappa shape index (κ1) is 17.3. The number of nitriles is 1. The molecule has 0 aliphatic heterocycles. The first-order valence-corrected chi connectivity index (χ1v) is 8.95. The molecule has 0 heterocycles. The minimum absolute atomic E-state index is 0.0465. The van der Waals surface area contributed by atoms with Crippen LogP contribution < -0.4 is 8.92 Å². The minimum Gasteiger partial charge on any atom is -0.490 e. The van der Waals surface area contributed by atoms with Gasteiger partial charge in [-0.15, -0.1) is 0 Å². The summed E-state index contributed by atoms with van der Waals surface area (Å²) in [6.45, 7) is 3.77. The summed E-state index contributed by atoms with van der Waals surface area (Å²) in [6, 6.07) is 11.2. The van der Waals surface area contributed by atoms with Crippen LogP contribution in [0.25, 0.3) is 0 Å². The van der Waals surface area contributed by atoms with Gasteiger partial charge in [0, 0.05) is 10.5 Å². The normalized spacial score (nSPS) is 10.9. The van der Waals surface area contributed by atoms with Crippen molar-refractivity contribution in [2.24, 2.45) is 0 Å². The molecule has 0 bridgehead atoms. The van der Waals surface area contributed by atoms with Crippen LogP contribution in [-0.2, 0) is 10.1 Å². The predicted octanol–water partition coefficient (Wildman–Crippen LogP) is 3.80. The Labute approximate surface area is 143 Å². The fraction of sp³-hybridized carbons (Fsp3) is 0.188. The maximum absolute atomic E-state index is 12.5. The Hall–Kier alpha value is -2.04. The summed E-state index contributed by atoms with van der Waals surface area (Å²) in [7, 11) is -4.02. The summed E-state index contributed by atoms with van der Waals surface area (Å²) < 4.78 is 36.3. The van der Waals surface area contributed by atoms with Crippen LogP contribution in [0.2, 0.25) is 0 Å². The molecule has 0 amide bonds. The molecule has 2 aromatic carbocycles. The van der Waals surface area contributed by atoms with E-state index in [1.54, 1.807) is 26.0 Å². The summed E-state index contributed by atoms with van der Waals surface area (Å²) in [6.07, 6.45) is 0. The SMILES string of the molecule is CCOc1cc(C#N)ccc1OS(=O)(=O)c1cc(Br)ccc1C. The van der Waals surface area contributed by atoms with E-state index in [-0.39, 0.29) is 16.4 Å². The highest BCUT2D eigenvalue weighted by molar-refractivity contribution is 9.10. The topological polar surface area (TPSA) is 76.4 Å². The van der Waals surface area contributed by atoms with Crippen molar-refractivity contribution >= 4 is 26.0 Å². The average Bonchev–Trinajstić information content (AvgIpc) is 2.51. The van der Waals surface area contributed by atoms with Crippen LogP contribution in [0.15, 0.2) is 45.8 Å². The van der Waals surface area contributed by atoms with Crippen molar-refractivity contribution in [3.63, 3.8) is 0 Å². The van der Waals surface area contributed by atoms with Crippen LogP contribution in [0.4, 0.5) is 0 Å². The van der Waals surface area contributed by atoms with Gasteiger partial charge in [0.15, 0.2) is 11.5 Å². The maximum atomic E-state index is 12.5. The number of ether oxygens (including phenoxy) is 1. The van der Waals surface area contributed by atoms with Crippen LogP contribution in [-0.4, -0.2) is 15.0 Å². The summed E-state index contributed by atoms with van der Waals surface area (Å²) in [5, 5.41) is 8.93. The summed E-state index contributed by atoms with van der Waals surface area (Å²) in [5.41, 5.74) is 0.927. The second kappa shape index (κ2) is 7.02. The Morgan fingerprint density at radius 3 is 2.57 bits per heavy atom. The van der Waals surface area contributed by atoms with Gasteiger partial charge in [-0.05, 0) is 43.7 Å². The molecular formula is C16H14BrNO4S. The Balaban J connectivity index is 2.45. The van der Waals surface area contributed by atoms with Gasteiger partial charge in [-0.25, -0.2) is 0 Å². The van der Waals surface area contributed by atoms with Gasteiger partial charge in [0.25, 0.3) is 0 Å². The molecule has 0 aliphatic carbocycles. The first-order chi connectivity index (χ1) is 10.9. The van der Waals surface area contributed by atoms with Gasteiger partial charge < -0.3 is 8.92 Å². The number of aryl methyl sites for hydroxylation is 1. The molecule has 7 heteroatoms. The van der Waals surface area contributed by atoms with Gasteiger partial charge in [0.05, 0.1) is 18.2 Å². The molecule has 0 saturated carbocycles. The third kappa shape index (κ3) is 4.03. The number of halogens is 1. The fourth-order valence-electron chi connectivity index (χ4n) is 1.92. The van der Waals surface area contributed by atoms with E-state index in [0.717, 1.165) is 0 Å². The molecule has 0 N–H and O–H groups in total. The van der Waals surface area contributed by atoms with E-state index >= 15 is 0 Å². The Morgan fingerprint density at radius 2 is 1.91 bits per heavy atom.